The van der Waals surface area contributed by atoms with Crippen molar-refractivity contribution < 1.29 is 9.90 Å². The predicted molar refractivity (Wildman–Crippen MR) is 73.5 cm³/mol. The van der Waals surface area contributed by atoms with Gasteiger partial charge in [-0.05, 0) is 37.6 Å². The van der Waals surface area contributed by atoms with Crippen LogP contribution in [0.4, 0.5) is 0 Å². The summed E-state index contributed by atoms with van der Waals surface area (Å²) < 4.78 is 0. The third-order valence-electron chi connectivity index (χ3n) is 3.21. The number of amides is 1. The fourth-order valence-electron chi connectivity index (χ4n) is 2.15. The lowest BCUT2D eigenvalue weighted by molar-refractivity contribution is 0.0572. The van der Waals surface area contributed by atoms with E-state index in [0.717, 1.165) is 5.56 Å². The molecule has 1 aliphatic rings. The predicted octanol–water partition coefficient (Wildman–Crippen LogP) is 0.594. The molecule has 0 radical (unpaired) electrons. The summed E-state index contributed by atoms with van der Waals surface area (Å²) in [6, 6.07) is 7.14. The van der Waals surface area contributed by atoms with Crippen molar-refractivity contribution in [3.05, 3.63) is 35.4 Å². The van der Waals surface area contributed by atoms with Crippen LogP contribution >= 0.6 is 0 Å². The van der Waals surface area contributed by atoms with Crippen LogP contribution in [0.3, 0.4) is 0 Å². The van der Waals surface area contributed by atoms with Crippen molar-refractivity contribution in [1.29, 1.82) is 0 Å². The van der Waals surface area contributed by atoms with Gasteiger partial charge in [-0.3, -0.25) is 4.79 Å². The molecule has 1 aliphatic heterocycles. The second kappa shape index (κ2) is 5.43. The van der Waals surface area contributed by atoms with Gasteiger partial charge < -0.3 is 15.7 Å². The van der Waals surface area contributed by atoms with E-state index in [1.807, 2.05) is 12.1 Å². The number of hydrogen-bond donors (Lipinski definition) is 2. The van der Waals surface area contributed by atoms with E-state index in [0.29, 0.717) is 31.6 Å². The van der Waals surface area contributed by atoms with Crippen molar-refractivity contribution >= 4 is 5.91 Å². The molecule has 1 fully saturated rings. The minimum Gasteiger partial charge on any atom is -0.388 e. The molecule has 100 valence electrons. The van der Waals surface area contributed by atoms with Gasteiger partial charge in [0.1, 0.15) is 0 Å². The van der Waals surface area contributed by atoms with Crippen molar-refractivity contribution in [2.45, 2.75) is 18.9 Å². The minimum atomic E-state index is -0.762. The van der Waals surface area contributed by atoms with Crippen molar-refractivity contribution in [2.75, 3.05) is 19.6 Å². The lowest BCUT2D eigenvalue weighted by Crippen LogP contribution is -2.33. The lowest BCUT2D eigenvalue weighted by atomic mass is 10.1. The van der Waals surface area contributed by atoms with Gasteiger partial charge >= 0.3 is 0 Å². The molecule has 1 atom stereocenters. The molecule has 0 aliphatic carbocycles. The first-order chi connectivity index (χ1) is 9.02. The Hall–Kier alpha value is -1.83. The van der Waals surface area contributed by atoms with E-state index in [2.05, 4.69) is 11.8 Å². The van der Waals surface area contributed by atoms with Crippen LogP contribution in [-0.2, 0) is 0 Å². The van der Waals surface area contributed by atoms with Crippen LogP contribution in [0.15, 0.2) is 24.3 Å². The summed E-state index contributed by atoms with van der Waals surface area (Å²) in [7, 11) is 0. The summed E-state index contributed by atoms with van der Waals surface area (Å²) in [5.74, 6) is 5.64. The number of carbonyl (C=O) groups is 1. The number of rotatable bonds is 1. The normalized spacial score (nSPS) is 21.9. The maximum atomic E-state index is 12.2. The molecule has 1 amide bonds. The van der Waals surface area contributed by atoms with Gasteiger partial charge in [-0.2, -0.15) is 0 Å². The Labute approximate surface area is 113 Å². The van der Waals surface area contributed by atoms with Crippen LogP contribution in [0.2, 0.25) is 0 Å². The summed E-state index contributed by atoms with van der Waals surface area (Å²) in [5.41, 5.74) is 6.01. The third kappa shape index (κ3) is 3.34. The summed E-state index contributed by atoms with van der Waals surface area (Å²) in [6.07, 6.45) is 0.624. The van der Waals surface area contributed by atoms with Gasteiger partial charge in [0, 0.05) is 24.2 Å². The number of β-amino-alcohol motifs (C(OH)–C–C–N with tert-alkyl or cyclic N) is 1. The first kappa shape index (κ1) is 13.6. The smallest absolute Gasteiger partial charge is 0.253 e. The highest BCUT2D eigenvalue weighted by Crippen LogP contribution is 2.22. The second-order valence-electron chi connectivity index (χ2n) is 5.06. The molecule has 1 saturated heterocycles. The van der Waals surface area contributed by atoms with Gasteiger partial charge in [0.2, 0.25) is 0 Å². The molecular formula is C15H18N2O2. The summed E-state index contributed by atoms with van der Waals surface area (Å²) in [6.45, 7) is 3.07. The van der Waals surface area contributed by atoms with Gasteiger partial charge in [-0.15, -0.1) is 0 Å². The zero-order valence-electron chi connectivity index (χ0n) is 11.0. The molecule has 4 heteroatoms. The number of aliphatic hydroxyl groups is 1. The molecule has 1 aromatic rings. The molecule has 1 heterocycles. The molecule has 0 aromatic heterocycles. The van der Waals surface area contributed by atoms with E-state index in [9.17, 15) is 9.90 Å². The second-order valence-corrected chi connectivity index (χ2v) is 5.06. The van der Waals surface area contributed by atoms with Crippen LogP contribution in [0.25, 0.3) is 0 Å². The van der Waals surface area contributed by atoms with E-state index in [1.54, 1.807) is 24.0 Å². The first-order valence-corrected chi connectivity index (χ1v) is 6.32. The molecule has 4 nitrogen and oxygen atoms in total. The van der Waals surface area contributed by atoms with Gasteiger partial charge in [-0.25, -0.2) is 0 Å². The first-order valence-electron chi connectivity index (χ1n) is 6.32. The van der Waals surface area contributed by atoms with Crippen molar-refractivity contribution in [2.24, 2.45) is 5.73 Å². The van der Waals surface area contributed by atoms with Crippen LogP contribution in [0.1, 0.15) is 29.3 Å². The minimum absolute atomic E-state index is 0.0453. The number of carbonyl (C=O) groups excluding carboxylic acids is 1. The van der Waals surface area contributed by atoms with E-state index in [-0.39, 0.29) is 5.91 Å². The molecule has 3 N–H and O–H groups in total. The standard InChI is InChI=1S/C15H18N2O2/c1-15(19)8-10-17(11-15)14(18)13-6-4-12(5-7-13)3-2-9-16/h4-7,19H,8-11,16H2,1H3. The average molecular weight is 258 g/mol. The third-order valence-corrected chi connectivity index (χ3v) is 3.21. The van der Waals surface area contributed by atoms with E-state index >= 15 is 0 Å². The Bertz CT molecular complexity index is 523. The summed E-state index contributed by atoms with van der Waals surface area (Å²) in [5, 5.41) is 9.88. The number of likely N-dealkylation sites (tertiary alicyclic amines) is 1. The number of hydrogen-bond acceptors (Lipinski definition) is 3. The average Bonchev–Trinajstić information content (AvgIpc) is 2.76. The monoisotopic (exact) mass is 258 g/mol. The zero-order valence-corrected chi connectivity index (χ0v) is 11.0. The Morgan fingerprint density at radius 2 is 2.16 bits per heavy atom. The van der Waals surface area contributed by atoms with Gasteiger partial charge in [0.15, 0.2) is 0 Å². The molecule has 1 aromatic carbocycles. The van der Waals surface area contributed by atoms with E-state index in [1.165, 1.54) is 0 Å². The Morgan fingerprint density at radius 1 is 1.47 bits per heavy atom. The highest BCUT2D eigenvalue weighted by Gasteiger charge is 2.34. The largest absolute Gasteiger partial charge is 0.388 e. The number of benzene rings is 1. The Kier molecular flexibility index (Phi) is 3.89. The fraction of sp³-hybridized carbons (Fsp3) is 0.400. The summed E-state index contributed by atoms with van der Waals surface area (Å²) >= 11 is 0. The Morgan fingerprint density at radius 3 is 2.68 bits per heavy atom. The highest BCUT2D eigenvalue weighted by atomic mass is 16.3. The topological polar surface area (TPSA) is 66.6 Å². The van der Waals surface area contributed by atoms with Crippen LogP contribution < -0.4 is 5.73 Å². The van der Waals surface area contributed by atoms with Gasteiger partial charge in [-0.1, -0.05) is 11.8 Å². The van der Waals surface area contributed by atoms with Gasteiger partial charge in [0.25, 0.3) is 5.91 Å². The Balaban J connectivity index is 2.08. The maximum Gasteiger partial charge on any atom is 0.253 e. The van der Waals surface area contributed by atoms with Crippen LogP contribution in [-0.4, -0.2) is 41.1 Å². The number of nitrogens with zero attached hydrogens (tertiary/aromatic N) is 1. The molecule has 2 rings (SSSR count). The molecule has 0 bridgehead atoms. The SMILES string of the molecule is CC1(O)CCN(C(=O)c2ccc(C#CCN)cc2)C1. The quantitative estimate of drug-likeness (QED) is 0.725. The number of nitrogens with two attached hydrogens (primary N) is 1. The van der Waals surface area contributed by atoms with E-state index < -0.39 is 5.60 Å². The van der Waals surface area contributed by atoms with Crippen molar-refractivity contribution in [3.63, 3.8) is 0 Å². The molecule has 0 saturated carbocycles. The van der Waals surface area contributed by atoms with Crippen LogP contribution in [0.5, 0.6) is 0 Å². The summed E-state index contributed by atoms with van der Waals surface area (Å²) in [4.78, 5) is 13.9. The fourth-order valence-corrected chi connectivity index (χ4v) is 2.15. The molecule has 1 unspecified atom stereocenters. The van der Waals surface area contributed by atoms with Crippen molar-refractivity contribution in [3.8, 4) is 11.8 Å². The molecular weight excluding hydrogens is 240 g/mol. The van der Waals surface area contributed by atoms with E-state index in [4.69, 9.17) is 5.73 Å². The molecule has 0 spiro atoms. The maximum absolute atomic E-state index is 12.2. The van der Waals surface area contributed by atoms with Gasteiger partial charge in [0.05, 0.1) is 12.1 Å². The zero-order chi connectivity index (χ0) is 13.9. The van der Waals surface area contributed by atoms with Crippen molar-refractivity contribution in [1.82, 2.24) is 4.90 Å². The lowest BCUT2D eigenvalue weighted by Gasteiger charge is -2.19. The highest BCUT2D eigenvalue weighted by molar-refractivity contribution is 5.94. The van der Waals surface area contributed by atoms with Crippen LogP contribution in [0, 0.1) is 11.8 Å². The molecule has 19 heavy (non-hydrogen) atoms.